The first kappa shape index (κ1) is 24.3. The van der Waals surface area contributed by atoms with Crippen LogP contribution in [0.2, 0.25) is 0 Å². The Morgan fingerprint density at radius 1 is 0.833 bits per heavy atom. The summed E-state index contributed by atoms with van der Waals surface area (Å²) in [6.45, 7) is 0. The van der Waals surface area contributed by atoms with E-state index in [9.17, 15) is 9.59 Å². The molecule has 0 radical (unpaired) electrons. The Bertz CT molecular complexity index is 1380. The lowest BCUT2D eigenvalue weighted by Crippen LogP contribution is -2.16. The van der Waals surface area contributed by atoms with Gasteiger partial charge in [0.05, 0.1) is 17.6 Å². The summed E-state index contributed by atoms with van der Waals surface area (Å²) in [5.41, 5.74) is 13.1. The SMILES string of the molecule is [N-]=[N+]=NC(=O)c1ccc(-c2cnc(NC(=O)CCc3ccccc3)c(CCc3ccccc3)n2)cc1. The Morgan fingerprint density at radius 2 is 1.47 bits per heavy atom. The molecule has 0 aliphatic heterocycles. The minimum atomic E-state index is -0.646. The molecule has 4 rings (SSSR count). The number of benzene rings is 3. The first-order valence-corrected chi connectivity index (χ1v) is 11.6. The number of aromatic nitrogens is 2. The number of carbonyl (C=O) groups excluding carboxylic acids is 2. The Balaban J connectivity index is 1.54. The third-order valence-corrected chi connectivity index (χ3v) is 5.64. The van der Waals surface area contributed by atoms with E-state index in [1.54, 1.807) is 30.5 Å². The number of rotatable bonds is 9. The van der Waals surface area contributed by atoms with Gasteiger partial charge in [0.25, 0.3) is 0 Å². The number of azide groups is 1. The van der Waals surface area contributed by atoms with Gasteiger partial charge in [-0.05, 0) is 41.0 Å². The number of nitrogens with zero attached hydrogens (tertiary/aromatic N) is 5. The number of anilines is 1. The van der Waals surface area contributed by atoms with Gasteiger partial charge in [0.15, 0.2) is 5.82 Å². The van der Waals surface area contributed by atoms with Gasteiger partial charge in [-0.25, -0.2) is 9.97 Å². The van der Waals surface area contributed by atoms with E-state index >= 15 is 0 Å². The van der Waals surface area contributed by atoms with E-state index in [0.29, 0.717) is 36.5 Å². The van der Waals surface area contributed by atoms with Crippen LogP contribution in [0.15, 0.2) is 96.2 Å². The number of nitrogens with one attached hydrogen (secondary N) is 1. The second-order valence-electron chi connectivity index (χ2n) is 8.14. The van der Waals surface area contributed by atoms with Crippen molar-refractivity contribution in [2.75, 3.05) is 5.32 Å². The smallest absolute Gasteiger partial charge is 0.249 e. The van der Waals surface area contributed by atoms with Crippen molar-refractivity contribution in [1.82, 2.24) is 9.97 Å². The summed E-state index contributed by atoms with van der Waals surface area (Å²) in [5.74, 6) is -0.321. The summed E-state index contributed by atoms with van der Waals surface area (Å²) in [4.78, 5) is 36.3. The molecule has 1 N–H and O–H groups in total. The predicted octanol–water partition coefficient (Wildman–Crippen LogP) is 5.95. The highest BCUT2D eigenvalue weighted by Crippen LogP contribution is 2.22. The molecule has 0 atom stereocenters. The Morgan fingerprint density at radius 3 is 2.11 bits per heavy atom. The van der Waals surface area contributed by atoms with Gasteiger partial charge in [-0.3, -0.25) is 9.59 Å². The predicted molar refractivity (Wildman–Crippen MR) is 138 cm³/mol. The molecule has 0 unspecified atom stereocenters. The fraction of sp³-hybridized carbons (Fsp3) is 0.143. The van der Waals surface area contributed by atoms with Crippen molar-refractivity contribution in [3.8, 4) is 11.3 Å². The van der Waals surface area contributed by atoms with Crippen LogP contribution < -0.4 is 5.32 Å². The zero-order valence-electron chi connectivity index (χ0n) is 19.5. The normalized spacial score (nSPS) is 10.3. The fourth-order valence-corrected chi connectivity index (χ4v) is 3.73. The first-order chi connectivity index (χ1) is 17.6. The minimum Gasteiger partial charge on any atom is -0.309 e. The zero-order valence-corrected chi connectivity index (χ0v) is 19.5. The molecule has 8 nitrogen and oxygen atoms in total. The highest BCUT2D eigenvalue weighted by atomic mass is 16.2. The monoisotopic (exact) mass is 476 g/mol. The van der Waals surface area contributed by atoms with Crippen molar-refractivity contribution in [2.45, 2.75) is 25.7 Å². The molecule has 3 aromatic carbocycles. The van der Waals surface area contributed by atoms with Crippen LogP contribution in [0.25, 0.3) is 21.7 Å². The Hall–Kier alpha value is -4.81. The Labute approximate surface area is 208 Å². The molecule has 0 fully saturated rings. The van der Waals surface area contributed by atoms with Crippen molar-refractivity contribution < 1.29 is 9.59 Å². The number of carbonyl (C=O) groups is 2. The van der Waals surface area contributed by atoms with Crippen LogP contribution in [0.3, 0.4) is 0 Å². The molecule has 4 aromatic rings. The first-order valence-electron chi connectivity index (χ1n) is 11.6. The quantitative estimate of drug-likeness (QED) is 0.182. The van der Waals surface area contributed by atoms with E-state index in [2.05, 4.69) is 32.5 Å². The lowest BCUT2D eigenvalue weighted by Gasteiger charge is -2.12. The second kappa shape index (κ2) is 12.1. The van der Waals surface area contributed by atoms with Crippen LogP contribution in [0, 0.1) is 0 Å². The van der Waals surface area contributed by atoms with E-state index in [0.717, 1.165) is 23.1 Å². The van der Waals surface area contributed by atoms with Crippen molar-refractivity contribution in [1.29, 1.82) is 0 Å². The molecule has 1 aromatic heterocycles. The molecule has 2 amide bonds. The van der Waals surface area contributed by atoms with Crippen molar-refractivity contribution in [3.63, 3.8) is 0 Å². The maximum Gasteiger partial charge on any atom is 0.249 e. The molecule has 8 heteroatoms. The van der Waals surface area contributed by atoms with Gasteiger partial charge < -0.3 is 5.32 Å². The molecular weight excluding hydrogens is 452 g/mol. The molecular formula is C28H24N6O2. The van der Waals surface area contributed by atoms with Gasteiger partial charge in [0.2, 0.25) is 11.8 Å². The van der Waals surface area contributed by atoms with Gasteiger partial charge in [0, 0.05) is 22.5 Å². The van der Waals surface area contributed by atoms with Crippen LogP contribution in [0.5, 0.6) is 0 Å². The molecule has 0 aliphatic rings. The highest BCUT2D eigenvalue weighted by Gasteiger charge is 2.13. The van der Waals surface area contributed by atoms with E-state index < -0.39 is 5.91 Å². The molecule has 0 saturated carbocycles. The van der Waals surface area contributed by atoms with Crippen LogP contribution in [0.1, 0.15) is 33.6 Å². The standard InChI is InChI=1S/C28H24N6O2/c29-34-33-28(36)23-15-13-22(14-16-23)25-19-30-27(24(31-25)17-11-20-7-3-1-4-8-20)32-26(35)18-12-21-9-5-2-6-10-21/h1-10,13-16,19H,11-12,17-18H2,(H,30,32,35). The van der Waals surface area contributed by atoms with Crippen LogP contribution in [0.4, 0.5) is 5.82 Å². The number of aryl methyl sites for hydroxylation is 3. The van der Waals surface area contributed by atoms with Crippen LogP contribution >= 0.6 is 0 Å². The number of hydrogen-bond acceptors (Lipinski definition) is 4. The van der Waals surface area contributed by atoms with E-state index in [1.165, 1.54) is 0 Å². The van der Waals surface area contributed by atoms with Crippen molar-refractivity contribution in [3.05, 3.63) is 124 Å². The number of hydrogen-bond donors (Lipinski definition) is 1. The summed E-state index contributed by atoms with van der Waals surface area (Å²) in [5, 5.41) is 6.04. The molecule has 1 heterocycles. The van der Waals surface area contributed by atoms with E-state index in [-0.39, 0.29) is 11.5 Å². The molecule has 0 aliphatic carbocycles. The molecule has 178 valence electrons. The van der Waals surface area contributed by atoms with Crippen molar-refractivity contribution >= 4 is 17.6 Å². The molecule has 0 spiro atoms. The van der Waals surface area contributed by atoms with Gasteiger partial charge in [-0.2, -0.15) is 0 Å². The average molecular weight is 477 g/mol. The lowest BCUT2D eigenvalue weighted by atomic mass is 10.1. The fourth-order valence-electron chi connectivity index (χ4n) is 3.73. The average Bonchev–Trinajstić information content (AvgIpc) is 2.93. The minimum absolute atomic E-state index is 0.122. The van der Waals surface area contributed by atoms with Crippen molar-refractivity contribution in [2.24, 2.45) is 5.11 Å². The third-order valence-electron chi connectivity index (χ3n) is 5.64. The van der Waals surface area contributed by atoms with Gasteiger partial charge in [-0.15, -0.1) is 0 Å². The summed E-state index contributed by atoms with van der Waals surface area (Å²) >= 11 is 0. The molecule has 0 saturated heterocycles. The zero-order chi connectivity index (χ0) is 25.2. The summed E-state index contributed by atoms with van der Waals surface area (Å²) in [6.07, 6.45) is 3.91. The largest absolute Gasteiger partial charge is 0.309 e. The van der Waals surface area contributed by atoms with Crippen LogP contribution in [-0.4, -0.2) is 21.8 Å². The Kier molecular flexibility index (Phi) is 8.14. The maximum atomic E-state index is 12.7. The second-order valence-corrected chi connectivity index (χ2v) is 8.14. The maximum absolute atomic E-state index is 12.7. The lowest BCUT2D eigenvalue weighted by molar-refractivity contribution is -0.116. The third kappa shape index (κ3) is 6.62. The molecule has 36 heavy (non-hydrogen) atoms. The van der Waals surface area contributed by atoms with E-state index in [4.69, 9.17) is 10.5 Å². The topological polar surface area (TPSA) is 121 Å². The number of amides is 2. The van der Waals surface area contributed by atoms with Gasteiger partial charge in [0.1, 0.15) is 0 Å². The highest BCUT2D eigenvalue weighted by molar-refractivity contribution is 5.95. The van der Waals surface area contributed by atoms with E-state index in [1.807, 2.05) is 48.5 Å². The summed E-state index contributed by atoms with van der Waals surface area (Å²) in [6, 6.07) is 26.5. The van der Waals surface area contributed by atoms with Crippen LogP contribution in [-0.2, 0) is 24.1 Å². The van der Waals surface area contributed by atoms with Gasteiger partial charge in [-0.1, -0.05) is 84.9 Å². The summed E-state index contributed by atoms with van der Waals surface area (Å²) in [7, 11) is 0. The summed E-state index contributed by atoms with van der Waals surface area (Å²) < 4.78 is 0. The van der Waals surface area contributed by atoms with Gasteiger partial charge >= 0.3 is 0 Å². The molecule has 0 bridgehead atoms.